The number of benzene rings is 3. The molecule has 29 heavy (non-hydrogen) atoms. The van der Waals surface area contributed by atoms with Crippen molar-refractivity contribution < 1.29 is 4.79 Å². The second-order valence-corrected chi connectivity index (χ2v) is 8.16. The molecule has 1 aliphatic carbocycles. The van der Waals surface area contributed by atoms with E-state index in [1.165, 1.54) is 22.5 Å². The van der Waals surface area contributed by atoms with Crippen LogP contribution in [0.4, 0.5) is 5.69 Å². The molecule has 0 aliphatic heterocycles. The Balaban J connectivity index is 1.36. The quantitative estimate of drug-likeness (QED) is 0.431. The van der Waals surface area contributed by atoms with E-state index in [1.807, 2.05) is 38.1 Å². The van der Waals surface area contributed by atoms with Crippen molar-refractivity contribution in [3.63, 3.8) is 0 Å². The Morgan fingerprint density at radius 3 is 2.34 bits per heavy atom. The first-order chi connectivity index (χ1) is 14.1. The molecular formula is C23H18N4OS. The van der Waals surface area contributed by atoms with E-state index in [9.17, 15) is 4.79 Å². The van der Waals surface area contributed by atoms with Crippen LogP contribution < -0.4 is 5.32 Å². The Kier molecular flexibility index (Phi) is 4.28. The third-order valence-electron chi connectivity index (χ3n) is 4.92. The van der Waals surface area contributed by atoms with Crippen LogP contribution in [0.2, 0.25) is 0 Å². The van der Waals surface area contributed by atoms with Crippen LogP contribution in [0.25, 0.3) is 33.3 Å². The summed E-state index contributed by atoms with van der Waals surface area (Å²) in [6.45, 7) is 4.03. The summed E-state index contributed by atoms with van der Waals surface area (Å²) < 4.78 is 0. The fraction of sp³-hybridized carbons (Fsp3) is 0.130. The topological polar surface area (TPSA) is 67.8 Å². The van der Waals surface area contributed by atoms with Crippen LogP contribution in [0, 0.1) is 13.8 Å². The van der Waals surface area contributed by atoms with E-state index in [4.69, 9.17) is 4.98 Å². The number of aromatic nitrogens is 3. The Morgan fingerprint density at radius 2 is 1.62 bits per heavy atom. The highest BCUT2D eigenvalue weighted by atomic mass is 32.2. The molecule has 5 nitrogen and oxygen atoms in total. The summed E-state index contributed by atoms with van der Waals surface area (Å²) in [5.41, 5.74) is 6.83. The van der Waals surface area contributed by atoms with Crippen molar-refractivity contribution in [1.82, 2.24) is 15.2 Å². The van der Waals surface area contributed by atoms with E-state index in [1.54, 1.807) is 0 Å². The number of carbonyl (C=O) groups is 1. The van der Waals surface area contributed by atoms with Crippen LogP contribution >= 0.6 is 11.8 Å². The van der Waals surface area contributed by atoms with Gasteiger partial charge < -0.3 is 5.32 Å². The van der Waals surface area contributed by atoms with Gasteiger partial charge in [-0.25, -0.2) is 4.98 Å². The van der Waals surface area contributed by atoms with Crippen LogP contribution in [-0.4, -0.2) is 26.8 Å². The van der Waals surface area contributed by atoms with Gasteiger partial charge in [-0.2, -0.15) is 0 Å². The normalized spacial score (nSPS) is 11.5. The highest BCUT2D eigenvalue weighted by Gasteiger charge is 2.25. The number of nitrogens with one attached hydrogen (secondary N) is 1. The molecule has 5 rings (SSSR count). The number of anilines is 1. The Morgan fingerprint density at radius 1 is 0.931 bits per heavy atom. The SMILES string of the molecule is Cc1cc(C)cc(NC(=O)CSc2nnc3c(n2)-c2cccc4cccc-3c24)c1. The Labute approximate surface area is 172 Å². The van der Waals surface area contributed by atoms with Crippen LogP contribution in [0.1, 0.15) is 11.1 Å². The number of rotatable bonds is 4. The highest BCUT2D eigenvalue weighted by Crippen LogP contribution is 2.44. The molecule has 142 valence electrons. The van der Waals surface area contributed by atoms with Crippen molar-refractivity contribution in [3.05, 3.63) is 65.7 Å². The minimum Gasteiger partial charge on any atom is -0.325 e. The molecule has 0 radical (unpaired) electrons. The largest absolute Gasteiger partial charge is 0.325 e. The maximum Gasteiger partial charge on any atom is 0.234 e. The summed E-state index contributed by atoms with van der Waals surface area (Å²) in [5, 5.41) is 14.4. The summed E-state index contributed by atoms with van der Waals surface area (Å²) in [6, 6.07) is 18.4. The van der Waals surface area contributed by atoms with Gasteiger partial charge in [-0.1, -0.05) is 54.2 Å². The number of hydrogen-bond donors (Lipinski definition) is 1. The second kappa shape index (κ2) is 6.97. The molecule has 0 spiro atoms. The smallest absolute Gasteiger partial charge is 0.234 e. The molecule has 1 amide bonds. The van der Waals surface area contributed by atoms with Gasteiger partial charge in [0.2, 0.25) is 11.1 Å². The number of aryl methyl sites for hydroxylation is 2. The predicted octanol–water partition coefficient (Wildman–Crippen LogP) is 5.02. The van der Waals surface area contributed by atoms with Gasteiger partial charge in [0.1, 0.15) is 11.4 Å². The predicted molar refractivity (Wildman–Crippen MR) is 117 cm³/mol. The summed E-state index contributed by atoms with van der Waals surface area (Å²) in [4.78, 5) is 17.1. The lowest BCUT2D eigenvalue weighted by Gasteiger charge is -2.07. The number of carbonyl (C=O) groups excluding carboxylic acids is 1. The maximum absolute atomic E-state index is 12.4. The van der Waals surface area contributed by atoms with Crippen molar-refractivity contribution in [3.8, 4) is 22.5 Å². The first kappa shape index (κ1) is 17.8. The van der Waals surface area contributed by atoms with Crippen molar-refractivity contribution >= 4 is 34.1 Å². The highest BCUT2D eigenvalue weighted by molar-refractivity contribution is 7.99. The van der Waals surface area contributed by atoms with Crippen molar-refractivity contribution in [2.75, 3.05) is 11.1 Å². The zero-order valence-corrected chi connectivity index (χ0v) is 16.9. The molecule has 1 aliphatic rings. The lowest BCUT2D eigenvalue weighted by Crippen LogP contribution is -2.14. The van der Waals surface area contributed by atoms with Gasteiger partial charge >= 0.3 is 0 Å². The summed E-state index contributed by atoms with van der Waals surface area (Å²) in [5.74, 6) is 0.138. The molecule has 0 fully saturated rings. The standard InChI is InChI=1S/C23H18N4OS/c1-13-9-14(2)11-16(10-13)24-19(28)12-29-23-25-21-17-7-3-5-15-6-4-8-18(20(15)17)22(21)26-27-23/h3-11H,12H2,1-2H3,(H,24,28). The van der Waals surface area contributed by atoms with Gasteiger partial charge in [0.25, 0.3) is 0 Å². The second-order valence-electron chi connectivity index (χ2n) is 7.21. The number of nitrogens with zero attached hydrogens (tertiary/aromatic N) is 3. The van der Waals surface area contributed by atoms with E-state index in [0.717, 1.165) is 39.3 Å². The molecule has 1 heterocycles. The number of hydrogen-bond acceptors (Lipinski definition) is 5. The molecular weight excluding hydrogens is 380 g/mol. The van der Waals surface area contributed by atoms with Gasteiger partial charge in [-0.05, 0) is 42.5 Å². The number of thioether (sulfide) groups is 1. The van der Waals surface area contributed by atoms with Crippen molar-refractivity contribution in [2.45, 2.75) is 19.0 Å². The minimum atomic E-state index is -0.0884. The lowest BCUT2D eigenvalue weighted by molar-refractivity contribution is -0.113. The molecule has 6 heteroatoms. The van der Waals surface area contributed by atoms with Crippen molar-refractivity contribution in [1.29, 1.82) is 0 Å². The summed E-state index contributed by atoms with van der Waals surface area (Å²) >= 11 is 1.29. The van der Waals surface area contributed by atoms with Gasteiger partial charge in [0.05, 0.1) is 5.75 Å². The number of amides is 1. The van der Waals surface area contributed by atoms with Crippen LogP contribution in [-0.2, 0) is 4.79 Å². The fourth-order valence-corrected chi connectivity index (χ4v) is 4.44. The molecule has 0 saturated heterocycles. The lowest BCUT2D eigenvalue weighted by atomic mass is 10.0. The molecule has 0 atom stereocenters. The van der Waals surface area contributed by atoms with Crippen LogP contribution in [0.15, 0.2) is 59.8 Å². The van der Waals surface area contributed by atoms with Crippen LogP contribution in [0.3, 0.4) is 0 Å². The Bertz CT molecular complexity index is 1260. The van der Waals surface area contributed by atoms with Crippen LogP contribution in [0.5, 0.6) is 0 Å². The van der Waals surface area contributed by atoms with Gasteiger partial charge in [0, 0.05) is 22.2 Å². The molecule has 1 aromatic heterocycles. The Hall–Kier alpha value is -3.25. The van der Waals surface area contributed by atoms with Crippen molar-refractivity contribution in [2.24, 2.45) is 0 Å². The summed E-state index contributed by atoms with van der Waals surface area (Å²) in [6.07, 6.45) is 0. The molecule has 0 bridgehead atoms. The van der Waals surface area contributed by atoms with E-state index >= 15 is 0 Å². The monoisotopic (exact) mass is 398 g/mol. The zero-order valence-electron chi connectivity index (χ0n) is 16.1. The van der Waals surface area contributed by atoms with E-state index in [0.29, 0.717) is 5.16 Å². The maximum atomic E-state index is 12.4. The summed E-state index contributed by atoms with van der Waals surface area (Å²) in [7, 11) is 0. The van der Waals surface area contributed by atoms with E-state index < -0.39 is 0 Å². The zero-order chi connectivity index (χ0) is 20.0. The van der Waals surface area contributed by atoms with E-state index in [-0.39, 0.29) is 11.7 Å². The first-order valence-electron chi connectivity index (χ1n) is 9.36. The molecule has 4 aromatic rings. The molecule has 3 aromatic carbocycles. The van der Waals surface area contributed by atoms with Gasteiger partial charge in [-0.15, -0.1) is 10.2 Å². The molecule has 0 saturated carbocycles. The fourth-order valence-electron chi connectivity index (χ4n) is 3.85. The molecule has 0 unspecified atom stereocenters. The average molecular weight is 398 g/mol. The first-order valence-corrected chi connectivity index (χ1v) is 10.4. The van der Waals surface area contributed by atoms with Gasteiger partial charge in [-0.3, -0.25) is 4.79 Å². The third kappa shape index (κ3) is 3.25. The van der Waals surface area contributed by atoms with E-state index in [2.05, 4.69) is 45.8 Å². The average Bonchev–Trinajstić information content (AvgIpc) is 3.01. The van der Waals surface area contributed by atoms with Gasteiger partial charge in [0.15, 0.2) is 0 Å². The molecule has 1 N–H and O–H groups in total. The minimum absolute atomic E-state index is 0.0884. The number of fused-ring (bicyclic) bond motifs is 3. The third-order valence-corrected chi connectivity index (χ3v) is 5.76.